The number of rotatable bonds is 5. The van der Waals surface area contributed by atoms with E-state index >= 15 is 0 Å². The van der Waals surface area contributed by atoms with Crippen LogP contribution in [-0.2, 0) is 0 Å². The highest BCUT2D eigenvalue weighted by Gasteiger charge is 1.96. The van der Waals surface area contributed by atoms with Crippen LogP contribution in [0.25, 0.3) is 0 Å². The molecule has 0 bridgehead atoms. The molecule has 11 heavy (non-hydrogen) atoms. The Balaban J connectivity index is 3.39. The zero-order valence-electron chi connectivity index (χ0n) is 7.80. The number of hydrogen-bond donors (Lipinski definition) is 1. The molecule has 0 saturated carbocycles. The van der Waals surface area contributed by atoms with Crippen molar-refractivity contribution in [3.05, 3.63) is 11.8 Å². The minimum Gasteiger partial charge on any atom is -0.393 e. The van der Waals surface area contributed by atoms with Crippen LogP contribution >= 0.6 is 0 Å². The fraction of sp³-hybridized carbons (Fsp3) is 0.778. The first-order valence-corrected chi connectivity index (χ1v) is 6.62. The normalized spacial score (nSPS) is 14.6. The van der Waals surface area contributed by atoms with Crippen LogP contribution in [-0.4, -0.2) is 20.0 Å². The highest BCUT2D eigenvalue weighted by Crippen LogP contribution is 1.99. The lowest BCUT2D eigenvalue weighted by Gasteiger charge is -2.01. The molecule has 0 aliphatic heterocycles. The van der Waals surface area contributed by atoms with Crippen molar-refractivity contribution in [2.24, 2.45) is 0 Å². The summed E-state index contributed by atoms with van der Waals surface area (Å²) in [7, 11) is -0.228. The minimum atomic E-state index is -0.228. The Hall–Kier alpha value is -0.0831. The molecular weight excluding hydrogens is 152 g/mol. The third-order valence-corrected chi connectivity index (χ3v) is 3.62. The second-order valence-corrected chi connectivity index (χ2v) is 5.61. The summed E-state index contributed by atoms with van der Waals surface area (Å²) in [6.07, 6.45) is 4.03. The zero-order valence-corrected chi connectivity index (χ0v) is 8.80. The monoisotopic (exact) mass is 171 g/mol. The molecule has 0 aromatic rings. The predicted molar refractivity (Wildman–Crippen MR) is 52.2 cm³/mol. The molecule has 1 N–H and O–H groups in total. The van der Waals surface area contributed by atoms with Gasteiger partial charge in [0.05, 0.1) is 14.9 Å². The Morgan fingerprint density at radius 2 is 2.18 bits per heavy atom. The van der Waals surface area contributed by atoms with E-state index in [2.05, 4.69) is 25.2 Å². The average molecular weight is 171 g/mol. The van der Waals surface area contributed by atoms with Gasteiger partial charge < -0.3 is 5.11 Å². The van der Waals surface area contributed by atoms with Gasteiger partial charge in [0, 0.05) is 0 Å². The van der Waals surface area contributed by atoms with Crippen LogP contribution in [0.2, 0.25) is 12.6 Å². The summed E-state index contributed by atoms with van der Waals surface area (Å²) < 4.78 is 0. The molecule has 0 aliphatic rings. The largest absolute Gasteiger partial charge is 0.393 e. The van der Waals surface area contributed by atoms with Gasteiger partial charge in [-0.25, -0.2) is 0 Å². The summed E-state index contributed by atoms with van der Waals surface area (Å²) in [5.74, 6) is 0. The van der Waals surface area contributed by atoms with Gasteiger partial charge in [0.2, 0.25) is 0 Å². The van der Waals surface area contributed by atoms with Crippen molar-refractivity contribution < 1.29 is 5.11 Å². The van der Waals surface area contributed by atoms with Crippen molar-refractivity contribution in [1.29, 1.82) is 0 Å². The van der Waals surface area contributed by atoms with Gasteiger partial charge in [-0.3, -0.25) is 0 Å². The molecule has 1 unspecified atom stereocenters. The fourth-order valence-corrected chi connectivity index (χ4v) is 2.44. The second-order valence-electron chi connectivity index (χ2n) is 3.08. The summed E-state index contributed by atoms with van der Waals surface area (Å²) in [6.45, 7) is 6.36. The van der Waals surface area contributed by atoms with E-state index < -0.39 is 0 Å². The smallest absolute Gasteiger partial charge is 0.0721 e. The van der Waals surface area contributed by atoms with E-state index in [-0.39, 0.29) is 14.9 Å². The topological polar surface area (TPSA) is 20.2 Å². The first-order chi connectivity index (χ1) is 5.16. The number of hydrogen-bond acceptors (Lipinski definition) is 1. The summed E-state index contributed by atoms with van der Waals surface area (Å²) in [5, 5.41) is 8.96. The van der Waals surface area contributed by atoms with Gasteiger partial charge in [0.25, 0.3) is 0 Å². The minimum absolute atomic E-state index is 0.178. The van der Waals surface area contributed by atoms with Crippen LogP contribution < -0.4 is 0 Å². The molecule has 0 aromatic heterocycles. The second kappa shape index (κ2) is 6.62. The summed E-state index contributed by atoms with van der Waals surface area (Å²) in [6, 6.07) is 1.35. The van der Waals surface area contributed by atoms with Crippen LogP contribution in [0.15, 0.2) is 11.8 Å². The fourth-order valence-electron chi connectivity index (χ4n) is 0.944. The third-order valence-electron chi connectivity index (χ3n) is 1.52. The molecule has 0 amide bonds. The first-order valence-electron chi connectivity index (χ1n) is 4.33. The van der Waals surface area contributed by atoms with E-state index in [1.807, 2.05) is 6.92 Å². The van der Waals surface area contributed by atoms with Crippen LogP contribution in [0.5, 0.6) is 0 Å². The van der Waals surface area contributed by atoms with Gasteiger partial charge >= 0.3 is 0 Å². The Kier molecular flexibility index (Phi) is 6.57. The summed E-state index contributed by atoms with van der Waals surface area (Å²) in [5.41, 5.74) is 2.29. The van der Waals surface area contributed by atoms with Crippen molar-refractivity contribution >= 4 is 8.80 Å². The first kappa shape index (κ1) is 10.9. The maximum Gasteiger partial charge on any atom is 0.0721 e. The molecule has 0 fully saturated rings. The molecular formula is C9H19OSi. The van der Waals surface area contributed by atoms with E-state index in [0.29, 0.717) is 0 Å². The molecule has 0 aromatic carbocycles. The SMILES string of the molecule is CCC[Si](C)C=CCC(C)O. The highest BCUT2D eigenvalue weighted by molar-refractivity contribution is 6.62. The molecule has 1 nitrogen and oxygen atoms in total. The van der Waals surface area contributed by atoms with Gasteiger partial charge in [0.1, 0.15) is 0 Å². The van der Waals surface area contributed by atoms with Crippen LogP contribution in [0.1, 0.15) is 26.7 Å². The maximum absolute atomic E-state index is 8.96. The zero-order chi connectivity index (χ0) is 8.69. The molecule has 0 saturated heterocycles. The Morgan fingerprint density at radius 1 is 1.55 bits per heavy atom. The van der Waals surface area contributed by atoms with Gasteiger partial charge in [0.15, 0.2) is 0 Å². The molecule has 0 rings (SSSR count). The van der Waals surface area contributed by atoms with Crippen molar-refractivity contribution in [2.45, 2.75) is 45.4 Å². The van der Waals surface area contributed by atoms with Crippen molar-refractivity contribution in [1.82, 2.24) is 0 Å². The Morgan fingerprint density at radius 3 is 2.64 bits per heavy atom. The summed E-state index contributed by atoms with van der Waals surface area (Å²) in [4.78, 5) is 0. The molecule has 1 atom stereocenters. The van der Waals surface area contributed by atoms with Crippen molar-refractivity contribution in [3.63, 3.8) is 0 Å². The average Bonchev–Trinajstić information content (AvgIpc) is 1.87. The van der Waals surface area contributed by atoms with Gasteiger partial charge in [-0.05, 0) is 13.3 Å². The third kappa shape index (κ3) is 7.82. The van der Waals surface area contributed by atoms with Crippen LogP contribution in [0, 0.1) is 0 Å². The standard InChI is InChI=1S/C9H19OSi/c1-4-7-11(3)8-5-6-9(2)10/h5,8-10H,4,6-7H2,1-3H3. The summed E-state index contributed by atoms with van der Waals surface area (Å²) >= 11 is 0. The van der Waals surface area contributed by atoms with E-state index in [0.717, 1.165) is 6.42 Å². The van der Waals surface area contributed by atoms with E-state index in [1.165, 1.54) is 12.5 Å². The molecule has 2 heteroatoms. The van der Waals surface area contributed by atoms with Crippen molar-refractivity contribution in [3.8, 4) is 0 Å². The highest BCUT2D eigenvalue weighted by atomic mass is 28.3. The van der Waals surface area contributed by atoms with Gasteiger partial charge in [-0.1, -0.05) is 32.0 Å². The van der Waals surface area contributed by atoms with E-state index in [9.17, 15) is 0 Å². The molecule has 0 aliphatic carbocycles. The van der Waals surface area contributed by atoms with Crippen LogP contribution in [0.3, 0.4) is 0 Å². The van der Waals surface area contributed by atoms with Gasteiger partial charge in [-0.15, -0.1) is 5.70 Å². The lowest BCUT2D eigenvalue weighted by molar-refractivity contribution is 0.198. The Labute approximate surface area is 71.7 Å². The maximum atomic E-state index is 8.96. The lowest BCUT2D eigenvalue weighted by Crippen LogP contribution is -2.02. The van der Waals surface area contributed by atoms with Gasteiger partial charge in [-0.2, -0.15) is 0 Å². The molecule has 0 heterocycles. The number of aliphatic hydroxyl groups is 1. The predicted octanol–water partition coefficient (Wildman–Crippen LogP) is 2.39. The van der Waals surface area contributed by atoms with E-state index in [1.54, 1.807) is 0 Å². The van der Waals surface area contributed by atoms with E-state index in [4.69, 9.17) is 5.11 Å². The lowest BCUT2D eigenvalue weighted by atomic mass is 10.3. The molecule has 0 spiro atoms. The molecule has 65 valence electrons. The number of aliphatic hydroxyl groups excluding tert-OH is 1. The Bertz CT molecular complexity index is 110. The van der Waals surface area contributed by atoms with Crippen molar-refractivity contribution in [2.75, 3.05) is 0 Å². The molecule has 1 radical (unpaired) electrons. The van der Waals surface area contributed by atoms with Crippen LogP contribution in [0.4, 0.5) is 0 Å². The quantitative estimate of drug-likeness (QED) is 0.630.